The van der Waals surface area contributed by atoms with Crippen molar-refractivity contribution < 1.29 is 0 Å². The maximum Gasteiger partial charge on any atom is 0.0270 e. The van der Waals surface area contributed by atoms with Crippen LogP contribution in [0.1, 0.15) is 24.8 Å². The summed E-state index contributed by atoms with van der Waals surface area (Å²) >= 11 is 0. The first-order valence-electron chi connectivity index (χ1n) is 4.49. The lowest BCUT2D eigenvalue weighted by Gasteiger charge is -2.07. The second kappa shape index (κ2) is 3.23. The molecule has 0 radical (unpaired) electrons. The average Bonchev–Trinajstić information content (AvgIpc) is 2.54. The van der Waals surface area contributed by atoms with Crippen LogP contribution >= 0.6 is 0 Å². The molecule has 1 saturated heterocycles. The van der Waals surface area contributed by atoms with Gasteiger partial charge >= 0.3 is 0 Å². The van der Waals surface area contributed by atoms with Crippen molar-refractivity contribution >= 4 is 0 Å². The zero-order valence-electron chi connectivity index (χ0n) is 7.33. The first kappa shape index (κ1) is 7.74. The quantitative estimate of drug-likeness (QED) is 0.677. The van der Waals surface area contributed by atoms with E-state index in [0.29, 0.717) is 12.0 Å². The minimum Gasteiger partial charge on any atom is -0.314 e. The molecule has 0 bridgehead atoms. The highest BCUT2D eigenvalue weighted by Crippen LogP contribution is 2.24. The Morgan fingerprint density at radius 3 is 2.75 bits per heavy atom. The van der Waals surface area contributed by atoms with E-state index in [0.717, 1.165) is 6.54 Å². The van der Waals surface area contributed by atoms with Crippen molar-refractivity contribution in [3.8, 4) is 0 Å². The number of hydrogen-bond acceptors (Lipinski definition) is 2. The van der Waals surface area contributed by atoms with Crippen molar-refractivity contribution in [3.05, 3.63) is 30.1 Å². The molecule has 2 atom stereocenters. The SMILES string of the molecule is CC1CC(c2ccncc2)CN1. The third kappa shape index (κ3) is 1.48. The summed E-state index contributed by atoms with van der Waals surface area (Å²) in [6.07, 6.45) is 5.00. The predicted molar refractivity (Wildman–Crippen MR) is 49.1 cm³/mol. The fourth-order valence-corrected chi connectivity index (χ4v) is 1.83. The van der Waals surface area contributed by atoms with Crippen LogP contribution in [0.3, 0.4) is 0 Å². The second-order valence-electron chi connectivity index (χ2n) is 3.52. The summed E-state index contributed by atoms with van der Waals surface area (Å²) < 4.78 is 0. The van der Waals surface area contributed by atoms with Gasteiger partial charge in [-0.05, 0) is 37.0 Å². The Hall–Kier alpha value is -0.890. The van der Waals surface area contributed by atoms with Crippen molar-refractivity contribution in [2.24, 2.45) is 0 Å². The van der Waals surface area contributed by atoms with Gasteiger partial charge in [-0.1, -0.05) is 0 Å². The van der Waals surface area contributed by atoms with E-state index in [1.807, 2.05) is 12.4 Å². The summed E-state index contributed by atoms with van der Waals surface area (Å²) in [7, 11) is 0. The molecule has 1 fully saturated rings. The van der Waals surface area contributed by atoms with Crippen LogP contribution in [0.15, 0.2) is 24.5 Å². The van der Waals surface area contributed by atoms with Crippen LogP contribution < -0.4 is 5.32 Å². The Balaban J connectivity index is 2.11. The van der Waals surface area contributed by atoms with E-state index in [9.17, 15) is 0 Å². The van der Waals surface area contributed by atoms with E-state index >= 15 is 0 Å². The first-order chi connectivity index (χ1) is 5.86. The van der Waals surface area contributed by atoms with Crippen molar-refractivity contribution in [2.75, 3.05) is 6.54 Å². The number of nitrogens with zero attached hydrogens (tertiary/aromatic N) is 1. The molecule has 1 aromatic heterocycles. The fraction of sp³-hybridized carbons (Fsp3) is 0.500. The summed E-state index contributed by atoms with van der Waals surface area (Å²) in [4.78, 5) is 4.02. The van der Waals surface area contributed by atoms with Crippen molar-refractivity contribution in [3.63, 3.8) is 0 Å². The van der Waals surface area contributed by atoms with Crippen LogP contribution in [0.2, 0.25) is 0 Å². The Morgan fingerprint density at radius 1 is 1.42 bits per heavy atom. The number of nitrogens with one attached hydrogen (secondary N) is 1. The standard InChI is InChI=1S/C10H14N2/c1-8-6-10(7-12-8)9-2-4-11-5-3-9/h2-5,8,10,12H,6-7H2,1H3. The van der Waals surface area contributed by atoms with Gasteiger partial charge in [0.05, 0.1) is 0 Å². The van der Waals surface area contributed by atoms with E-state index < -0.39 is 0 Å². The molecule has 2 unspecified atom stereocenters. The van der Waals surface area contributed by atoms with Crippen molar-refractivity contribution in [2.45, 2.75) is 25.3 Å². The Morgan fingerprint density at radius 2 is 2.17 bits per heavy atom. The first-order valence-corrected chi connectivity index (χ1v) is 4.49. The molecule has 2 rings (SSSR count). The molecule has 0 saturated carbocycles. The van der Waals surface area contributed by atoms with Gasteiger partial charge < -0.3 is 5.32 Å². The van der Waals surface area contributed by atoms with Crippen LogP contribution in [-0.4, -0.2) is 17.6 Å². The van der Waals surface area contributed by atoms with Gasteiger partial charge in [0.25, 0.3) is 0 Å². The van der Waals surface area contributed by atoms with Gasteiger partial charge in [0.15, 0.2) is 0 Å². The Bertz CT molecular complexity index is 245. The van der Waals surface area contributed by atoms with Gasteiger partial charge in [-0.2, -0.15) is 0 Å². The third-order valence-electron chi connectivity index (χ3n) is 2.53. The van der Waals surface area contributed by atoms with Crippen LogP contribution in [0.5, 0.6) is 0 Å². The largest absolute Gasteiger partial charge is 0.314 e. The molecule has 2 heterocycles. The maximum absolute atomic E-state index is 4.02. The van der Waals surface area contributed by atoms with E-state index in [2.05, 4.69) is 29.4 Å². The van der Waals surface area contributed by atoms with Crippen LogP contribution in [-0.2, 0) is 0 Å². The summed E-state index contributed by atoms with van der Waals surface area (Å²) in [5, 5.41) is 3.45. The molecule has 1 aliphatic rings. The highest BCUT2D eigenvalue weighted by molar-refractivity contribution is 5.18. The van der Waals surface area contributed by atoms with Gasteiger partial charge in [0.2, 0.25) is 0 Å². The number of rotatable bonds is 1. The Kier molecular flexibility index (Phi) is 2.09. The maximum atomic E-state index is 4.02. The molecule has 64 valence electrons. The normalized spacial score (nSPS) is 29.1. The zero-order valence-corrected chi connectivity index (χ0v) is 7.33. The average molecular weight is 162 g/mol. The smallest absolute Gasteiger partial charge is 0.0270 e. The molecule has 0 aromatic carbocycles. The molecule has 0 amide bonds. The molecule has 1 N–H and O–H groups in total. The molecule has 0 spiro atoms. The van der Waals surface area contributed by atoms with Gasteiger partial charge in [-0.3, -0.25) is 4.98 Å². The van der Waals surface area contributed by atoms with Crippen LogP contribution in [0.4, 0.5) is 0 Å². The highest BCUT2D eigenvalue weighted by Gasteiger charge is 2.21. The lowest BCUT2D eigenvalue weighted by atomic mass is 9.98. The molecular weight excluding hydrogens is 148 g/mol. The third-order valence-corrected chi connectivity index (χ3v) is 2.53. The molecule has 0 aliphatic carbocycles. The molecule has 12 heavy (non-hydrogen) atoms. The van der Waals surface area contributed by atoms with Gasteiger partial charge in [-0.15, -0.1) is 0 Å². The number of hydrogen-bond donors (Lipinski definition) is 1. The molecule has 2 nitrogen and oxygen atoms in total. The summed E-state index contributed by atoms with van der Waals surface area (Å²) in [6.45, 7) is 3.35. The molecule has 2 heteroatoms. The van der Waals surface area contributed by atoms with E-state index in [-0.39, 0.29) is 0 Å². The number of aromatic nitrogens is 1. The van der Waals surface area contributed by atoms with Crippen LogP contribution in [0.25, 0.3) is 0 Å². The monoisotopic (exact) mass is 162 g/mol. The van der Waals surface area contributed by atoms with Crippen LogP contribution in [0, 0.1) is 0 Å². The van der Waals surface area contributed by atoms with Gasteiger partial charge in [0, 0.05) is 25.0 Å². The minimum absolute atomic E-state index is 0.670. The summed E-state index contributed by atoms with van der Waals surface area (Å²) in [6, 6.07) is 4.90. The van der Waals surface area contributed by atoms with E-state index in [1.54, 1.807) is 0 Å². The lowest BCUT2D eigenvalue weighted by Crippen LogP contribution is -2.16. The fourth-order valence-electron chi connectivity index (χ4n) is 1.83. The highest BCUT2D eigenvalue weighted by atomic mass is 14.9. The van der Waals surface area contributed by atoms with Gasteiger partial charge in [-0.25, -0.2) is 0 Å². The van der Waals surface area contributed by atoms with Crippen molar-refractivity contribution in [1.82, 2.24) is 10.3 Å². The van der Waals surface area contributed by atoms with Gasteiger partial charge in [0.1, 0.15) is 0 Å². The Labute approximate surface area is 73.0 Å². The van der Waals surface area contributed by atoms with E-state index in [4.69, 9.17) is 0 Å². The minimum atomic E-state index is 0.670. The molecular formula is C10H14N2. The number of pyridine rings is 1. The summed E-state index contributed by atoms with van der Waals surface area (Å²) in [5.41, 5.74) is 1.42. The predicted octanol–water partition coefficient (Wildman–Crippen LogP) is 1.55. The topological polar surface area (TPSA) is 24.9 Å². The van der Waals surface area contributed by atoms with Crippen molar-refractivity contribution in [1.29, 1.82) is 0 Å². The molecule has 1 aliphatic heterocycles. The summed E-state index contributed by atoms with van der Waals surface area (Å²) in [5.74, 6) is 0.697. The second-order valence-corrected chi connectivity index (χ2v) is 3.52. The lowest BCUT2D eigenvalue weighted by molar-refractivity contribution is 0.658. The van der Waals surface area contributed by atoms with E-state index in [1.165, 1.54) is 12.0 Å². The zero-order chi connectivity index (χ0) is 8.39. The molecule has 1 aromatic rings.